The van der Waals surface area contributed by atoms with Crippen LogP contribution in [0.1, 0.15) is 354 Å². The number of esters is 1. The quantitative estimate of drug-likeness (QED) is 0.0244. The van der Waals surface area contributed by atoms with E-state index in [1.807, 2.05) is 6.08 Å². The number of aliphatic hydroxyl groups is 2. The Morgan fingerprint density at radius 3 is 1.08 bits per heavy atom. The zero-order valence-electron chi connectivity index (χ0n) is 51.4. The fourth-order valence-corrected chi connectivity index (χ4v) is 10.3. The molecule has 0 heterocycles. The zero-order chi connectivity index (χ0) is 55.7. The third kappa shape index (κ3) is 62.6. The molecular formula is C71H131NO5. The first kappa shape index (κ1) is 74.6. The van der Waals surface area contributed by atoms with Crippen LogP contribution in [0.5, 0.6) is 0 Å². The number of unbranched alkanes of at least 4 members (excludes halogenated alkanes) is 45. The lowest BCUT2D eigenvalue weighted by Gasteiger charge is -2.20. The van der Waals surface area contributed by atoms with Crippen molar-refractivity contribution in [3.63, 3.8) is 0 Å². The average Bonchev–Trinajstić information content (AvgIpc) is 3.43. The van der Waals surface area contributed by atoms with E-state index in [-0.39, 0.29) is 18.5 Å². The smallest absolute Gasteiger partial charge is 0.305 e. The van der Waals surface area contributed by atoms with Gasteiger partial charge in [-0.15, -0.1) is 0 Å². The molecule has 0 spiro atoms. The molecule has 6 heteroatoms. The molecule has 0 aliphatic heterocycles. The molecule has 0 radical (unpaired) electrons. The van der Waals surface area contributed by atoms with Crippen LogP contribution in [0, 0.1) is 0 Å². The summed E-state index contributed by atoms with van der Waals surface area (Å²) >= 11 is 0. The Kier molecular flexibility index (Phi) is 64.0. The molecule has 0 aromatic carbocycles. The van der Waals surface area contributed by atoms with Gasteiger partial charge in [0, 0.05) is 12.8 Å². The lowest BCUT2D eigenvalue weighted by Crippen LogP contribution is -2.45. The molecule has 3 N–H and O–H groups in total. The number of carbonyl (C=O) groups is 2. The van der Waals surface area contributed by atoms with E-state index in [4.69, 9.17) is 4.74 Å². The highest BCUT2D eigenvalue weighted by Gasteiger charge is 2.18. The number of nitrogens with one attached hydrogen (secondary N) is 1. The monoisotopic (exact) mass is 1080 g/mol. The van der Waals surface area contributed by atoms with Gasteiger partial charge < -0.3 is 20.3 Å². The average molecular weight is 1080 g/mol. The predicted octanol–water partition coefficient (Wildman–Crippen LogP) is 21.9. The summed E-state index contributed by atoms with van der Waals surface area (Å²) in [6.45, 7) is 4.86. The Hall–Kier alpha value is -2.44. The molecule has 0 saturated carbocycles. The van der Waals surface area contributed by atoms with Gasteiger partial charge in [0.1, 0.15) is 0 Å². The molecule has 0 rings (SSSR count). The Morgan fingerprint density at radius 2 is 0.688 bits per heavy atom. The standard InChI is InChI=1S/C71H131NO5/c1-3-5-7-9-11-13-15-17-19-21-23-24-25-26-28-31-35-39-43-47-51-55-59-63-69(74)68(67-73)72-70(75)64-60-56-52-48-44-40-36-32-29-27-30-34-38-42-46-50-54-58-62-66-77-71(76)65-61-57-53-49-45-41-37-33-22-20-18-16-14-12-10-8-6-4-2/h14,16,20,22,34,38,42,46,59,63,68-69,73-74H,3-13,15,17-19,21,23-33,35-37,39-41,43-45,47-58,60-62,64-67H2,1-2H3,(H,72,75)/b16-14-,22-20-,38-34-,46-42-,63-59+. The van der Waals surface area contributed by atoms with E-state index in [9.17, 15) is 19.8 Å². The Balaban J connectivity index is 3.50. The van der Waals surface area contributed by atoms with E-state index in [0.717, 1.165) is 83.5 Å². The Bertz CT molecular complexity index is 1340. The summed E-state index contributed by atoms with van der Waals surface area (Å²) < 4.78 is 5.47. The van der Waals surface area contributed by atoms with Gasteiger partial charge in [-0.3, -0.25) is 9.59 Å². The first-order valence-electron chi connectivity index (χ1n) is 34.1. The third-order valence-corrected chi connectivity index (χ3v) is 15.5. The second kappa shape index (κ2) is 66.1. The van der Waals surface area contributed by atoms with Crippen LogP contribution in [0.25, 0.3) is 0 Å². The molecule has 2 unspecified atom stereocenters. The lowest BCUT2D eigenvalue weighted by atomic mass is 10.0. The van der Waals surface area contributed by atoms with Crippen molar-refractivity contribution in [2.45, 2.75) is 366 Å². The molecule has 450 valence electrons. The van der Waals surface area contributed by atoms with Crippen molar-refractivity contribution in [3.8, 4) is 0 Å². The third-order valence-electron chi connectivity index (χ3n) is 15.5. The predicted molar refractivity (Wildman–Crippen MR) is 338 cm³/mol. The van der Waals surface area contributed by atoms with Crippen molar-refractivity contribution < 1.29 is 24.5 Å². The summed E-state index contributed by atoms with van der Waals surface area (Å²) in [5, 5.41) is 23.2. The molecule has 2 atom stereocenters. The first-order valence-corrected chi connectivity index (χ1v) is 34.1. The lowest BCUT2D eigenvalue weighted by molar-refractivity contribution is -0.143. The second-order valence-electron chi connectivity index (χ2n) is 23.2. The number of rotatable bonds is 63. The zero-order valence-corrected chi connectivity index (χ0v) is 51.4. The normalized spacial score (nSPS) is 12.9. The SMILES string of the molecule is CCCCCC/C=C\C/C=C\CCCCCCCCCC(=O)OCCCCC/C=C\C=C/CCCCCCCCCCCCC(=O)NC(CO)C(O)/C=C/CCCCCCCCCCCCCCCCCCCCCCC. The Morgan fingerprint density at radius 1 is 0.377 bits per heavy atom. The van der Waals surface area contributed by atoms with Crippen LogP contribution in [0.3, 0.4) is 0 Å². The van der Waals surface area contributed by atoms with E-state index in [2.05, 4.69) is 67.8 Å². The van der Waals surface area contributed by atoms with Crippen molar-refractivity contribution in [1.82, 2.24) is 5.32 Å². The van der Waals surface area contributed by atoms with Gasteiger partial charge in [0.25, 0.3) is 0 Å². The van der Waals surface area contributed by atoms with Crippen molar-refractivity contribution >= 4 is 11.9 Å². The van der Waals surface area contributed by atoms with Crippen LogP contribution in [0.4, 0.5) is 0 Å². The van der Waals surface area contributed by atoms with Crippen LogP contribution >= 0.6 is 0 Å². The molecule has 1 amide bonds. The maximum atomic E-state index is 12.5. The molecular weight excluding hydrogens is 947 g/mol. The fourth-order valence-electron chi connectivity index (χ4n) is 10.3. The van der Waals surface area contributed by atoms with Crippen molar-refractivity contribution in [2.75, 3.05) is 13.2 Å². The van der Waals surface area contributed by atoms with E-state index in [0.29, 0.717) is 19.4 Å². The highest BCUT2D eigenvalue weighted by atomic mass is 16.5. The van der Waals surface area contributed by atoms with Gasteiger partial charge in [-0.1, -0.05) is 306 Å². The van der Waals surface area contributed by atoms with Gasteiger partial charge in [-0.25, -0.2) is 0 Å². The maximum Gasteiger partial charge on any atom is 0.305 e. The number of hydrogen-bond acceptors (Lipinski definition) is 5. The van der Waals surface area contributed by atoms with Crippen molar-refractivity contribution in [3.05, 3.63) is 60.8 Å². The van der Waals surface area contributed by atoms with Gasteiger partial charge in [-0.2, -0.15) is 0 Å². The second-order valence-corrected chi connectivity index (χ2v) is 23.2. The highest BCUT2D eigenvalue weighted by Crippen LogP contribution is 2.17. The number of ether oxygens (including phenoxy) is 1. The van der Waals surface area contributed by atoms with Gasteiger partial charge in [-0.05, 0) is 96.3 Å². The van der Waals surface area contributed by atoms with E-state index < -0.39 is 12.1 Å². The van der Waals surface area contributed by atoms with Gasteiger partial charge >= 0.3 is 5.97 Å². The fraction of sp³-hybridized carbons (Fsp3) is 0.831. The van der Waals surface area contributed by atoms with E-state index in [1.165, 1.54) is 244 Å². The number of aliphatic hydroxyl groups excluding tert-OH is 2. The number of carbonyl (C=O) groups excluding carboxylic acids is 2. The van der Waals surface area contributed by atoms with Crippen molar-refractivity contribution in [2.24, 2.45) is 0 Å². The molecule has 0 aliphatic carbocycles. The van der Waals surface area contributed by atoms with E-state index in [1.54, 1.807) is 6.08 Å². The highest BCUT2D eigenvalue weighted by molar-refractivity contribution is 5.76. The summed E-state index contributed by atoms with van der Waals surface area (Å²) in [7, 11) is 0. The minimum absolute atomic E-state index is 0.0214. The maximum absolute atomic E-state index is 12.5. The van der Waals surface area contributed by atoms with Crippen LogP contribution in [-0.4, -0.2) is 47.4 Å². The topological polar surface area (TPSA) is 95.9 Å². The van der Waals surface area contributed by atoms with E-state index >= 15 is 0 Å². The van der Waals surface area contributed by atoms with Crippen molar-refractivity contribution in [1.29, 1.82) is 0 Å². The number of hydrogen-bond donors (Lipinski definition) is 3. The van der Waals surface area contributed by atoms with Crippen LogP contribution in [-0.2, 0) is 14.3 Å². The molecule has 0 fully saturated rings. The summed E-state index contributed by atoms with van der Waals surface area (Å²) in [4.78, 5) is 24.6. The number of amides is 1. The summed E-state index contributed by atoms with van der Waals surface area (Å²) in [6, 6.07) is -0.639. The largest absolute Gasteiger partial charge is 0.466 e. The number of allylic oxidation sites excluding steroid dienone is 9. The molecule has 77 heavy (non-hydrogen) atoms. The summed E-state index contributed by atoms with van der Waals surface area (Å²) in [5.41, 5.74) is 0. The van der Waals surface area contributed by atoms with Gasteiger partial charge in [0.15, 0.2) is 0 Å². The summed E-state index contributed by atoms with van der Waals surface area (Å²) in [6.07, 6.45) is 87.1. The van der Waals surface area contributed by atoms with Gasteiger partial charge in [0.2, 0.25) is 5.91 Å². The molecule has 6 nitrogen and oxygen atoms in total. The Labute approximate surface area is 479 Å². The molecule has 0 bridgehead atoms. The molecule has 0 aliphatic rings. The van der Waals surface area contributed by atoms with Crippen LogP contribution in [0.2, 0.25) is 0 Å². The molecule has 0 aromatic rings. The molecule has 0 aromatic heterocycles. The first-order chi connectivity index (χ1) is 38.0. The minimum atomic E-state index is -0.854. The minimum Gasteiger partial charge on any atom is -0.466 e. The van der Waals surface area contributed by atoms with Gasteiger partial charge in [0.05, 0.1) is 25.4 Å². The van der Waals surface area contributed by atoms with Crippen LogP contribution in [0.15, 0.2) is 60.8 Å². The molecule has 0 saturated heterocycles. The van der Waals surface area contributed by atoms with Crippen LogP contribution < -0.4 is 5.32 Å². The summed E-state index contributed by atoms with van der Waals surface area (Å²) in [5.74, 6) is -0.0972.